The van der Waals surface area contributed by atoms with Crippen molar-refractivity contribution in [3.05, 3.63) is 35.1 Å². The maximum atomic E-state index is 11.3. The van der Waals surface area contributed by atoms with E-state index in [2.05, 4.69) is 17.6 Å². The molecule has 0 radical (unpaired) electrons. The molecule has 4 nitrogen and oxygen atoms in total. The molecule has 0 atom stereocenters. The molecular weight excluding hydrogens is 297 g/mol. The van der Waals surface area contributed by atoms with Crippen LogP contribution in [0.2, 0.25) is 0 Å². The monoisotopic (exact) mass is 319 g/mol. The number of carbonyl (C=O) groups excluding carboxylic acids is 1. The Morgan fingerprint density at radius 2 is 1.86 bits per heavy atom. The highest BCUT2D eigenvalue weighted by molar-refractivity contribution is 7.80. The van der Waals surface area contributed by atoms with Crippen molar-refractivity contribution >= 4 is 31.6 Å². The Bertz CT molecular complexity index is 580. The third kappa shape index (κ3) is 3.45. The van der Waals surface area contributed by atoms with Crippen molar-refractivity contribution in [3.63, 3.8) is 0 Å². The van der Waals surface area contributed by atoms with E-state index < -0.39 is 7.12 Å². The summed E-state index contributed by atoms with van der Waals surface area (Å²) in [5.74, 6) is 0.510. The van der Waals surface area contributed by atoms with Crippen LogP contribution in [0.5, 0.6) is 0 Å². The molecule has 1 aliphatic rings. The quantitative estimate of drug-likeness (QED) is 0.526. The lowest BCUT2D eigenvalue weighted by molar-refractivity contribution is 0.00578. The molecular formula is C16H22BNO3S. The second kappa shape index (κ2) is 6.18. The minimum absolute atomic E-state index is 0.00315. The van der Waals surface area contributed by atoms with Gasteiger partial charge in [0, 0.05) is 17.5 Å². The third-order valence-electron chi connectivity index (χ3n) is 4.26. The van der Waals surface area contributed by atoms with Crippen molar-refractivity contribution in [1.82, 2.24) is 4.98 Å². The molecule has 0 amide bonds. The number of hydrogen-bond donors (Lipinski definition) is 1. The zero-order valence-corrected chi connectivity index (χ0v) is 14.6. The highest BCUT2D eigenvalue weighted by Gasteiger charge is 2.52. The predicted molar refractivity (Wildman–Crippen MR) is 92.2 cm³/mol. The van der Waals surface area contributed by atoms with Crippen molar-refractivity contribution < 1.29 is 14.1 Å². The number of rotatable bonds is 4. The topological polar surface area (TPSA) is 48.4 Å². The predicted octanol–water partition coefficient (Wildman–Crippen LogP) is 3.23. The maximum absolute atomic E-state index is 11.3. The average molecular weight is 319 g/mol. The Morgan fingerprint density at radius 1 is 1.27 bits per heavy atom. The molecule has 2 rings (SSSR count). The summed E-state index contributed by atoms with van der Waals surface area (Å²) in [4.78, 5) is 15.6. The van der Waals surface area contributed by atoms with Gasteiger partial charge in [-0.1, -0.05) is 0 Å². The average Bonchev–Trinajstić information content (AvgIpc) is 2.65. The number of hydrogen-bond acceptors (Lipinski definition) is 5. The third-order valence-corrected chi connectivity index (χ3v) is 4.63. The number of thiol groups is 1. The Kier molecular flexibility index (Phi) is 4.85. The van der Waals surface area contributed by atoms with Crippen LogP contribution >= 0.6 is 12.6 Å². The first-order valence-electron chi connectivity index (χ1n) is 7.30. The van der Waals surface area contributed by atoms with Crippen molar-refractivity contribution in [2.75, 3.05) is 5.75 Å². The van der Waals surface area contributed by atoms with Crippen LogP contribution in [0, 0.1) is 0 Å². The largest absolute Gasteiger partial charge is 0.491 e. The van der Waals surface area contributed by atoms with Gasteiger partial charge in [-0.3, -0.25) is 9.78 Å². The van der Waals surface area contributed by atoms with Crippen LogP contribution in [-0.4, -0.2) is 34.8 Å². The molecule has 1 aromatic rings. The summed E-state index contributed by atoms with van der Waals surface area (Å²) >= 11 is 4.38. The first-order valence-corrected chi connectivity index (χ1v) is 7.93. The molecule has 2 heterocycles. The van der Waals surface area contributed by atoms with E-state index in [1.165, 1.54) is 6.92 Å². The van der Waals surface area contributed by atoms with Gasteiger partial charge in [0.05, 0.1) is 16.9 Å². The number of Topliss-reactive ketones (excluding diaryl/α,β-unsaturated/α-hetero) is 1. The van der Waals surface area contributed by atoms with Gasteiger partial charge >= 0.3 is 7.12 Å². The molecule has 6 heteroatoms. The van der Waals surface area contributed by atoms with Crippen LogP contribution in [-0.2, 0) is 9.31 Å². The highest BCUT2D eigenvalue weighted by Crippen LogP contribution is 2.38. The summed E-state index contributed by atoms with van der Waals surface area (Å²) in [6.45, 7) is 9.59. The van der Waals surface area contributed by atoms with Crippen molar-refractivity contribution in [2.45, 2.75) is 45.8 Å². The molecule has 0 N–H and O–H groups in total. The molecule has 22 heavy (non-hydrogen) atoms. The fourth-order valence-corrected chi connectivity index (χ4v) is 2.31. The zero-order valence-electron chi connectivity index (χ0n) is 13.7. The fraction of sp³-hybridized carbons (Fsp3) is 0.500. The first kappa shape index (κ1) is 17.3. The lowest BCUT2D eigenvalue weighted by Crippen LogP contribution is -2.41. The van der Waals surface area contributed by atoms with Gasteiger partial charge in [0.2, 0.25) is 0 Å². The molecule has 1 aliphatic heterocycles. The molecule has 0 aliphatic carbocycles. The van der Waals surface area contributed by atoms with Gasteiger partial charge in [-0.05, 0) is 58.3 Å². The Morgan fingerprint density at radius 3 is 2.27 bits per heavy atom. The maximum Gasteiger partial charge on any atom is 0.491 e. The highest BCUT2D eigenvalue weighted by atomic mass is 32.1. The van der Waals surface area contributed by atoms with E-state index >= 15 is 0 Å². The summed E-state index contributed by atoms with van der Waals surface area (Å²) in [6, 6.07) is 3.58. The number of ketones is 1. The number of pyridine rings is 1. The Hall–Kier alpha value is -1.11. The van der Waals surface area contributed by atoms with E-state index in [4.69, 9.17) is 9.31 Å². The van der Waals surface area contributed by atoms with Crippen LogP contribution in [0.3, 0.4) is 0 Å². The van der Waals surface area contributed by atoms with Crippen molar-refractivity contribution in [1.29, 1.82) is 0 Å². The number of aromatic nitrogens is 1. The second-order valence-corrected chi connectivity index (χ2v) is 6.81. The molecule has 0 unspecified atom stereocenters. The summed E-state index contributed by atoms with van der Waals surface area (Å²) in [6.07, 6.45) is 3.48. The molecule has 1 saturated heterocycles. The summed E-state index contributed by atoms with van der Waals surface area (Å²) < 4.78 is 12.1. The molecule has 0 saturated carbocycles. The van der Waals surface area contributed by atoms with Crippen LogP contribution in [0.1, 0.15) is 50.7 Å². The van der Waals surface area contributed by atoms with Gasteiger partial charge in [-0.25, -0.2) is 0 Å². The standard InChI is InChI=1S/C16H22BNO3S/c1-11(19)12-6-7-14(18-9-12)8-13(10-22)17-20-15(2,3)16(4,5)21-17/h6-9,22H,10H2,1-5H3. The second-order valence-electron chi connectivity index (χ2n) is 6.49. The van der Waals surface area contributed by atoms with Crippen molar-refractivity contribution in [3.8, 4) is 0 Å². The zero-order chi connectivity index (χ0) is 16.5. The minimum atomic E-state index is -0.434. The van der Waals surface area contributed by atoms with Crippen molar-refractivity contribution in [2.24, 2.45) is 0 Å². The van der Waals surface area contributed by atoms with E-state index in [1.807, 2.05) is 39.8 Å². The summed E-state index contributed by atoms with van der Waals surface area (Å²) in [5, 5.41) is 0. The summed E-state index contributed by atoms with van der Waals surface area (Å²) in [5.41, 5.74) is 1.49. The van der Waals surface area contributed by atoms with E-state index in [9.17, 15) is 4.79 Å². The van der Waals surface area contributed by atoms with Gasteiger partial charge in [0.1, 0.15) is 0 Å². The lowest BCUT2D eigenvalue weighted by Gasteiger charge is -2.32. The van der Waals surface area contributed by atoms with Crippen LogP contribution in [0.4, 0.5) is 0 Å². The molecule has 0 bridgehead atoms. The molecule has 118 valence electrons. The lowest BCUT2D eigenvalue weighted by atomic mass is 9.78. The molecule has 1 aromatic heterocycles. The van der Waals surface area contributed by atoms with Gasteiger partial charge in [0.25, 0.3) is 0 Å². The van der Waals surface area contributed by atoms with E-state index in [-0.39, 0.29) is 17.0 Å². The normalized spacial score (nSPS) is 20.3. The smallest absolute Gasteiger partial charge is 0.400 e. The van der Waals surface area contributed by atoms with Gasteiger partial charge in [-0.15, -0.1) is 0 Å². The van der Waals surface area contributed by atoms with Gasteiger partial charge in [-0.2, -0.15) is 12.6 Å². The van der Waals surface area contributed by atoms with E-state index in [1.54, 1.807) is 12.3 Å². The van der Waals surface area contributed by atoms with Crippen LogP contribution < -0.4 is 0 Å². The molecule has 1 fully saturated rings. The Balaban J connectivity index is 2.23. The minimum Gasteiger partial charge on any atom is -0.400 e. The Labute approximate surface area is 137 Å². The van der Waals surface area contributed by atoms with E-state index in [0.717, 1.165) is 11.2 Å². The van der Waals surface area contributed by atoms with E-state index in [0.29, 0.717) is 11.3 Å². The first-order chi connectivity index (χ1) is 10.2. The molecule has 0 aromatic carbocycles. The van der Waals surface area contributed by atoms with Crippen LogP contribution in [0.25, 0.3) is 6.08 Å². The van der Waals surface area contributed by atoms with Gasteiger partial charge < -0.3 is 9.31 Å². The summed E-state index contributed by atoms with van der Waals surface area (Å²) in [7, 11) is -0.434. The number of carbonyl (C=O) groups is 1. The number of nitrogens with zero attached hydrogens (tertiary/aromatic N) is 1. The molecule has 0 spiro atoms. The SMILES string of the molecule is CC(=O)c1ccc(C=C(CS)B2OC(C)(C)C(C)(C)O2)nc1. The van der Waals surface area contributed by atoms with Gasteiger partial charge in [0.15, 0.2) is 5.78 Å². The fourth-order valence-electron chi connectivity index (χ4n) is 2.07. The van der Waals surface area contributed by atoms with Crippen LogP contribution in [0.15, 0.2) is 23.8 Å².